The molecule has 1 aliphatic carbocycles. The van der Waals surface area contributed by atoms with E-state index in [1.54, 1.807) is 0 Å². The Kier molecular flexibility index (Phi) is 9.75. The molecular formula is C28H44O2. The third kappa shape index (κ3) is 6.86. The van der Waals surface area contributed by atoms with Crippen LogP contribution in [0.3, 0.4) is 0 Å². The van der Waals surface area contributed by atoms with Crippen molar-refractivity contribution in [1.29, 1.82) is 0 Å². The Bertz CT molecular complexity index is 612. The lowest BCUT2D eigenvalue weighted by Crippen LogP contribution is -2.13. The largest absolute Gasteiger partial charge is 0.457 e. The van der Waals surface area contributed by atoms with Crippen molar-refractivity contribution in [2.45, 2.75) is 122 Å². The van der Waals surface area contributed by atoms with Gasteiger partial charge in [0.2, 0.25) is 0 Å². The minimum atomic E-state index is -0.0263. The van der Waals surface area contributed by atoms with Gasteiger partial charge in [0.1, 0.15) is 6.10 Å². The van der Waals surface area contributed by atoms with Gasteiger partial charge in [0, 0.05) is 6.42 Å². The lowest BCUT2D eigenvalue weighted by molar-refractivity contribution is -0.144. The van der Waals surface area contributed by atoms with Crippen LogP contribution in [0.25, 0.3) is 0 Å². The molecule has 1 saturated carbocycles. The molecule has 168 valence electrons. The summed E-state index contributed by atoms with van der Waals surface area (Å²) in [5.74, 6) is 1.82. The standard InChI is InChI=1S/C28H44O2/c1-3-5-7-9-11-22-13-15-23(16-14-22)24-17-19-25(20-18-24)27-21-26(28(29)30-27)12-10-8-6-4-2/h17-20,22-23,26-27H,3-16,21H2,1-2H3. The molecule has 1 saturated heterocycles. The van der Waals surface area contributed by atoms with Crippen molar-refractivity contribution in [2.24, 2.45) is 11.8 Å². The van der Waals surface area contributed by atoms with Crippen LogP contribution >= 0.6 is 0 Å². The summed E-state index contributed by atoms with van der Waals surface area (Å²) in [7, 11) is 0. The number of esters is 1. The summed E-state index contributed by atoms with van der Waals surface area (Å²) in [5.41, 5.74) is 2.68. The maximum absolute atomic E-state index is 12.3. The van der Waals surface area contributed by atoms with E-state index in [4.69, 9.17) is 4.74 Å². The zero-order chi connectivity index (χ0) is 21.2. The van der Waals surface area contributed by atoms with Crippen LogP contribution in [0.2, 0.25) is 0 Å². The van der Waals surface area contributed by atoms with Crippen molar-refractivity contribution in [3.05, 3.63) is 35.4 Å². The molecule has 1 aromatic rings. The smallest absolute Gasteiger partial charge is 0.309 e. The third-order valence-electron chi connectivity index (χ3n) is 7.59. The summed E-state index contributed by atoms with van der Waals surface area (Å²) in [4.78, 5) is 12.3. The van der Waals surface area contributed by atoms with E-state index in [9.17, 15) is 4.79 Å². The van der Waals surface area contributed by atoms with E-state index in [2.05, 4.69) is 38.1 Å². The van der Waals surface area contributed by atoms with Gasteiger partial charge in [-0.15, -0.1) is 0 Å². The average molecular weight is 413 g/mol. The minimum absolute atomic E-state index is 0.0258. The molecular weight excluding hydrogens is 368 g/mol. The number of rotatable bonds is 12. The molecule has 0 bridgehead atoms. The zero-order valence-electron chi connectivity index (χ0n) is 19.5. The van der Waals surface area contributed by atoms with Crippen LogP contribution in [-0.2, 0) is 9.53 Å². The molecule has 2 aliphatic rings. The predicted octanol–water partition coefficient (Wildman–Crippen LogP) is 8.51. The summed E-state index contributed by atoms with van der Waals surface area (Å²) in [6, 6.07) is 9.07. The van der Waals surface area contributed by atoms with Crippen molar-refractivity contribution >= 4 is 5.97 Å². The number of ether oxygens (including phenoxy) is 1. The molecule has 3 rings (SSSR count). The molecule has 1 heterocycles. The van der Waals surface area contributed by atoms with Gasteiger partial charge in [-0.25, -0.2) is 0 Å². The summed E-state index contributed by atoms with van der Waals surface area (Å²) >= 11 is 0. The second kappa shape index (κ2) is 12.5. The average Bonchev–Trinajstić information content (AvgIpc) is 3.15. The summed E-state index contributed by atoms with van der Waals surface area (Å²) < 4.78 is 5.73. The summed E-state index contributed by atoms with van der Waals surface area (Å²) in [5, 5.41) is 0. The van der Waals surface area contributed by atoms with Crippen molar-refractivity contribution in [1.82, 2.24) is 0 Å². The highest BCUT2D eigenvalue weighted by Crippen LogP contribution is 2.40. The Morgan fingerprint density at radius 1 is 0.767 bits per heavy atom. The van der Waals surface area contributed by atoms with Crippen LogP contribution in [0.4, 0.5) is 0 Å². The van der Waals surface area contributed by atoms with Gasteiger partial charge >= 0.3 is 5.97 Å². The Balaban J connectivity index is 1.43. The summed E-state index contributed by atoms with van der Waals surface area (Å²) in [6.07, 6.45) is 19.3. The highest BCUT2D eigenvalue weighted by Gasteiger charge is 2.34. The van der Waals surface area contributed by atoms with E-state index in [1.807, 2.05) is 0 Å². The fourth-order valence-corrected chi connectivity index (χ4v) is 5.52. The van der Waals surface area contributed by atoms with Crippen molar-refractivity contribution in [3.63, 3.8) is 0 Å². The third-order valence-corrected chi connectivity index (χ3v) is 7.59. The molecule has 2 unspecified atom stereocenters. The topological polar surface area (TPSA) is 26.3 Å². The Morgan fingerprint density at radius 2 is 1.37 bits per heavy atom. The van der Waals surface area contributed by atoms with Crippen molar-refractivity contribution < 1.29 is 9.53 Å². The van der Waals surface area contributed by atoms with Crippen LogP contribution in [0.15, 0.2) is 24.3 Å². The molecule has 0 N–H and O–H groups in total. The number of cyclic esters (lactones) is 1. The molecule has 1 aromatic carbocycles. The molecule has 0 amide bonds. The molecule has 0 aromatic heterocycles. The number of unbranched alkanes of at least 4 members (excludes halogenated alkanes) is 6. The van der Waals surface area contributed by atoms with E-state index >= 15 is 0 Å². The monoisotopic (exact) mass is 412 g/mol. The minimum Gasteiger partial charge on any atom is -0.457 e. The first-order valence-electron chi connectivity index (χ1n) is 13.0. The van der Waals surface area contributed by atoms with Crippen LogP contribution < -0.4 is 0 Å². The Morgan fingerprint density at radius 3 is 2.00 bits per heavy atom. The van der Waals surface area contributed by atoms with E-state index in [0.29, 0.717) is 0 Å². The Hall–Kier alpha value is -1.31. The quantitative estimate of drug-likeness (QED) is 0.254. The first-order valence-corrected chi connectivity index (χ1v) is 13.0. The fourth-order valence-electron chi connectivity index (χ4n) is 5.52. The molecule has 0 radical (unpaired) electrons. The lowest BCUT2D eigenvalue weighted by atomic mass is 9.77. The second-order valence-electron chi connectivity index (χ2n) is 9.94. The van der Waals surface area contributed by atoms with E-state index in [-0.39, 0.29) is 18.0 Å². The van der Waals surface area contributed by atoms with Gasteiger partial charge in [0.05, 0.1) is 5.92 Å². The number of hydrogen-bond acceptors (Lipinski definition) is 2. The zero-order valence-corrected chi connectivity index (χ0v) is 19.5. The van der Waals surface area contributed by atoms with Crippen LogP contribution in [0.5, 0.6) is 0 Å². The first-order chi connectivity index (χ1) is 14.7. The van der Waals surface area contributed by atoms with E-state index in [1.165, 1.54) is 88.2 Å². The van der Waals surface area contributed by atoms with Crippen LogP contribution in [0.1, 0.15) is 133 Å². The van der Waals surface area contributed by atoms with Crippen LogP contribution in [0, 0.1) is 11.8 Å². The van der Waals surface area contributed by atoms with Gasteiger partial charge in [0.25, 0.3) is 0 Å². The van der Waals surface area contributed by atoms with Gasteiger partial charge in [0.15, 0.2) is 0 Å². The van der Waals surface area contributed by atoms with Crippen LogP contribution in [-0.4, -0.2) is 5.97 Å². The molecule has 2 heteroatoms. The predicted molar refractivity (Wildman–Crippen MR) is 126 cm³/mol. The van der Waals surface area contributed by atoms with Gasteiger partial charge in [-0.3, -0.25) is 4.79 Å². The molecule has 0 spiro atoms. The van der Waals surface area contributed by atoms with Gasteiger partial charge in [-0.2, -0.15) is 0 Å². The number of carbonyl (C=O) groups is 1. The normalized spacial score (nSPS) is 26.7. The lowest BCUT2D eigenvalue weighted by Gasteiger charge is -2.29. The summed E-state index contributed by atoms with van der Waals surface area (Å²) in [6.45, 7) is 4.52. The highest BCUT2D eigenvalue weighted by molar-refractivity contribution is 5.74. The maximum Gasteiger partial charge on any atom is 0.309 e. The molecule has 2 fully saturated rings. The molecule has 30 heavy (non-hydrogen) atoms. The molecule has 1 aliphatic heterocycles. The van der Waals surface area contributed by atoms with E-state index < -0.39 is 0 Å². The second-order valence-corrected chi connectivity index (χ2v) is 9.94. The van der Waals surface area contributed by atoms with Crippen molar-refractivity contribution in [2.75, 3.05) is 0 Å². The number of benzene rings is 1. The first kappa shape index (κ1) is 23.4. The SMILES string of the molecule is CCCCCCC1CCC(c2ccc(C3CC(CCCCCC)C(=O)O3)cc2)CC1. The highest BCUT2D eigenvalue weighted by atomic mass is 16.5. The Labute approximate surface area is 185 Å². The van der Waals surface area contributed by atoms with Gasteiger partial charge < -0.3 is 4.74 Å². The molecule has 2 atom stereocenters. The maximum atomic E-state index is 12.3. The van der Waals surface area contributed by atoms with Gasteiger partial charge in [-0.05, 0) is 55.1 Å². The van der Waals surface area contributed by atoms with Gasteiger partial charge in [-0.1, -0.05) is 95.9 Å². The fraction of sp³-hybridized carbons (Fsp3) is 0.750. The molecule has 2 nitrogen and oxygen atoms in total. The van der Waals surface area contributed by atoms with Crippen molar-refractivity contribution in [3.8, 4) is 0 Å². The van der Waals surface area contributed by atoms with E-state index in [0.717, 1.165) is 31.1 Å². The number of hydrogen-bond donors (Lipinski definition) is 0. The number of carbonyl (C=O) groups excluding carboxylic acids is 1.